The Morgan fingerprint density at radius 1 is 0.500 bits per heavy atom. The van der Waals surface area contributed by atoms with Gasteiger partial charge in [0.15, 0.2) is 0 Å². The molecule has 0 aromatic heterocycles. The molecule has 7 rings (SSSR count). The van der Waals surface area contributed by atoms with Gasteiger partial charge in [0.25, 0.3) is 0 Å². The van der Waals surface area contributed by atoms with Crippen LogP contribution in [0.1, 0.15) is 18.4 Å². The standard InChI is InChI=1S/C37H33Cl2N3S2/c38-28-16-18-36-32(24-28)41(30-12-4-6-14-34(30)43-36)22-8-20-40(26-27-10-2-1-3-11-27)21-9-23-42-31-13-5-7-15-35(31)44-37-19-17-29(39)25-33(37)42/h1-7,10-19,24-25H,8-9,20-23,26H2. The third-order valence-corrected chi connectivity index (χ3v) is 10.9. The van der Waals surface area contributed by atoms with Gasteiger partial charge in [0.1, 0.15) is 0 Å². The number of rotatable bonds is 10. The van der Waals surface area contributed by atoms with E-state index in [1.165, 1.54) is 47.9 Å². The van der Waals surface area contributed by atoms with Crippen LogP contribution in [0.5, 0.6) is 0 Å². The summed E-state index contributed by atoms with van der Waals surface area (Å²) in [5, 5.41) is 1.56. The van der Waals surface area contributed by atoms with Gasteiger partial charge >= 0.3 is 0 Å². The van der Waals surface area contributed by atoms with Gasteiger partial charge in [-0.2, -0.15) is 0 Å². The van der Waals surface area contributed by atoms with Crippen LogP contribution in [-0.2, 0) is 6.54 Å². The van der Waals surface area contributed by atoms with Gasteiger partial charge in [-0.05, 0) is 79.1 Å². The fourth-order valence-electron chi connectivity index (χ4n) is 6.10. The van der Waals surface area contributed by atoms with Crippen molar-refractivity contribution >= 4 is 69.5 Å². The van der Waals surface area contributed by atoms with E-state index in [1.807, 2.05) is 35.7 Å². The van der Waals surface area contributed by atoms with Crippen LogP contribution < -0.4 is 9.80 Å². The Kier molecular flexibility index (Phi) is 9.10. The van der Waals surface area contributed by atoms with E-state index in [2.05, 4.69) is 118 Å². The van der Waals surface area contributed by atoms with Crippen LogP contribution in [0.4, 0.5) is 22.7 Å². The highest BCUT2D eigenvalue weighted by Crippen LogP contribution is 2.50. The van der Waals surface area contributed by atoms with Crippen molar-refractivity contribution in [2.75, 3.05) is 36.0 Å². The Labute approximate surface area is 278 Å². The molecule has 0 amide bonds. The summed E-state index contributed by atoms with van der Waals surface area (Å²) >= 11 is 16.6. The lowest BCUT2D eigenvalue weighted by Crippen LogP contribution is -2.31. The molecule has 0 N–H and O–H groups in total. The van der Waals surface area contributed by atoms with Gasteiger partial charge in [0.05, 0.1) is 22.7 Å². The summed E-state index contributed by atoms with van der Waals surface area (Å²) in [6.07, 6.45) is 2.08. The Hall–Kier alpha value is -3.06. The zero-order valence-corrected chi connectivity index (χ0v) is 27.5. The van der Waals surface area contributed by atoms with E-state index >= 15 is 0 Å². The highest BCUT2D eigenvalue weighted by molar-refractivity contribution is 8.00. The van der Waals surface area contributed by atoms with Crippen molar-refractivity contribution in [1.29, 1.82) is 0 Å². The normalized spacial score (nSPS) is 13.3. The van der Waals surface area contributed by atoms with E-state index in [0.717, 1.165) is 55.6 Å². The summed E-state index contributed by atoms with van der Waals surface area (Å²) in [6.45, 7) is 4.80. The Balaban J connectivity index is 1.07. The Morgan fingerprint density at radius 2 is 0.955 bits per heavy atom. The molecule has 0 saturated heterocycles. The number of halogens is 2. The maximum Gasteiger partial charge on any atom is 0.0567 e. The molecular formula is C37H33Cl2N3S2. The highest BCUT2D eigenvalue weighted by Gasteiger charge is 2.25. The van der Waals surface area contributed by atoms with Crippen molar-refractivity contribution in [2.45, 2.75) is 39.0 Å². The lowest BCUT2D eigenvalue weighted by atomic mass is 10.1. The molecule has 222 valence electrons. The zero-order chi connectivity index (χ0) is 29.9. The minimum atomic E-state index is 0.778. The van der Waals surface area contributed by atoms with Gasteiger partial charge in [0.2, 0.25) is 0 Å². The summed E-state index contributed by atoms with van der Waals surface area (Å²) in [5.41, 5.74) is 6.28. The minimum Gasteiger partial charge on any atom is -0.340 e. The fourth-order valence-corrected chi connectivity index (χ4v) is 8.59. The molecule has 0 radical (unpaired) electrons. The summed E-state index contributed by atoms with van der Waals surface area (Å²) in [4.78, 5) is 12.6. The summed E-state index contributed by atoms with van der Waals surface area (Å²) in [7, 11) is 0. The second-order valence-corrected chi connectivity index (χ2v) is 14.2. The molecule has 0 unspecified atom stereocenters. The molecule has 5 aromatic rings. The van der Waals surface area contributed by atoms with Crippen molar-refractivity contribution in [3.05, 3.63) is 131 Å². The summed E-state index contributed by atoms with van der Waals surface area (Å²) in [5.74, 6) is 0. The SMILES string of the molecule is Clc1ccc2c(c1)N(CCCN(CCCN1c3ccccc3Sc3ccc(Cl)cc31)Cc1ccccc1)c1ccccc1S2. The van der Waals surface area contributed by atoms with Crippen molar-refractivity contribution in [3.8, 4) is 0 Å². The predicted octanol–water partition coefficient (Wildman–Crippen LogP) is 11.2. The molecule has 5 aromatic carbocycles. The molecule has 2 aliphatic heterocycles. The molecule has 7 heteroatoms. The third kappa shape index (κ3) is 6.49. The van der Waals surface area contributed by atoms with Crippen LogP contribution >= 0.6 is 46.7 Å². The zero-order valence-electron chi connectivity index (χ0n) is 24.3. The van der Waals surface area contributed by atoms with Gasteiger partial charge < -0.3 is 9.80 Å². The number of hydrogen-bond donors (Lipinski definition) is 0. The van der Waals surface area contributed by atoms with E-state index in [0.29, 0.717) is 0 Å². The maximum atomic E-state index is 6.48. The van der Waals surface area contributed by atoms with Crippen LogP contribution in [0.25, 0.3) is 0 Å². The van der Waals surface area contributed by atoms with Gasteiger partial charge in [-0.3, -0.25) is 4.90 Å². The van der Waals surface area contributed by atoms with Crippen molar-refractivity contribution < 1.29 is 0 Å². The first-order valence-electron chi connectivity index (χ1n) is 15.1. The third-order valence-electron chi connectivity index (χ3n) is 8.14. The fraction of sp³-hybridized carbons (Fsp3) is 0.189. The van der Waals surface area contributed by atoms with Gasteiger partial charge in [0, 0.05) is 62.4 Å². The first-order chi connectivity index (χ1) is 21.6. The number of hydrogen-bond acceptors (Lipinski definition) is 5. The van der Waals surface area contributed by atoms with Crippen LogP contribution in [0.15, 0.2) is 135 Å². The number of nitrogens with zero attached hydrogens (tertiary/aromatic N) is 3. The molecule has 0 fully saturated rings. The molecular weight excluding hydrogens is 621 g/mol. The summed E-state index contributed by atoms with van der Waals surface area (Å²) in [6, 6.07) is 40.7. The molecule has 0 atom stereocenters. The average Bonchev–Trinajstić information content (AvgIpc) is 3.05. The average molecular weight is 655 g/mol. The molecule has 2 aliphatic rings. The Bertz CT molecular complexity index is 1650. The summed E-state index contributed by atoms with van der Waals surface area (Å²) < 4.78 is 0. The van der Waals surface area contributed by atoms with Crippen LogP contribution in [-0.4, -0.2) is 31.1 Å². The molecule has 0 saturated carbocycles. The second kappa shape index (κ2) is 13.5. The number of para-hydroxylation sites is 2. The van der Waals surface area contributed by atoms with Crippen molar-refractivity contribution in [1.82, 2.24) is 4.90 Å². The van der Waals surface area contributed by atoms with Crippen LogP contribution in [0.3, 0.4) is 0 Å². The molecule has 2 heterocycles. The quantitative estimate of drug-likeness (QED) is 0.148. The molecule has 0 bridgehead atoms. The second-order valence-electron chi connectivity index (χ2n) is 11.1. The smallest absolute Gasteiger partial charge is 0.0567 e. The van der Waals surface area contributed by atoms with E-state index in [-0.39, 0.29) is 0 Å². The predicted molar refractivity (Wildman–Crippen MR) is 189 cm³/mol. The minimum absolute atomic E-state index is 0.778. The lowest BCUT2D eigenvalue weighted by molar-refractivity contribution is 0.261. The largest absolute Gasteiger partial charge is 0.340 e. The van der Waals surface area contributed by atoms with Gasteiger partial charge in [-0.25, -0.2) is 0 Å². The molecule has 0 spiro atoms. The first kappa shape index (κ1) is 29.6. The number of anilines is 4. The monoisotopic (exact) mass is 653 g/mol. The first-order valence-corrected chi connectivity index (χ1v) is 17.5. The van der Waals surface area contributed by atoms with E-state index < -0.39 is 0 Å². The van der Waals surface area contributed by atoms with Crippen molar-refractivity contribution in [3.63, 3.8) is 0 Å². The molecule has 0 aliphatic carbocycles. The van der Waals surface area contributed by atoms with Gasteiger partial charge in [-0.15, -0.1) is 0 Å². The van der Waals surface area contributed by atoms with E-state index in [9.17, 15) is 0 Å². The van der Waals surface area contributed by atoms with Crippen LogP contribution in [0, 0.1) is 0 Å². The van der Waals surface area contributed by atoms with Gasteiger partial charge in [-0.1, -0.05) is 101 Å². The van der Waals surface area contributed by atoms with E-state index in [4.69, 9.17) is 23.2 Å². The number of fused-ring (bicyclic) bond motifs is 4. The number of benzene rings is 5. The molecule has 44 heavy (non-hydrogen) atoms. The Morgan fingerprint density at radius 3 is 1.48 bits per heavy atom. The topological polar surface area (TPSA) is 9.72 Å². The highest BCUT2D eigenvalue weighted by atomic mass is 35.5. The van der Waals surface area contributed by atoms with Crippen LogP contribution in [0.2, 0.25) is 10.0 Å². The van der Waals surface area contributed by atoms with Crippen molar-refractivity contribution in [2.24, 2.45) is 0 Å². The molecule has 3 nitrogen and oxygen atoms in total. The maximum absolute atomic E-state index is 6.48. The van der Waals surface area contributed by atoms with E-state index in [1.54, 1.807) is 0 Å². The lowest BCUT2D eigenvalue weighted by Gasteiger charge is -2.34.